The van der Waals surface area contributed by atoms with E-state index in [0.717, 1.165) is 6.07 Å². The fraction of sp³-hybridized carbons (Fsp3) is 0.412. The van der Waals surface area contributed by atoms with Gasteiger partial charge in [0.15, 0.2) is 23.5 Å². The zero-order valence-corrected chi connectivity index (χ0v) is 13.3. The molecule has 0 heterocycles. The van der Waals surface area contributed by atoms with Crippen molar-refractivity contribution in [1.29, 1.82) is 0 Å². The number of carbonyl (C=O) groups excluding carboxylic acids is 2. The van der Waals surface area contributed by atoms with Crippen molar-refractivity contribution in [2.45, 2.75) is 45.6 Å². The first kappa shape index (κ1) is 19.6. The second kappa shape index (κ2) is 9.60. The number of ether oxygens (including phenoxy) is 2. The van der Waals surface area contributed by atoms with E-state index in [9.17, 15) is 22.8 Å². The van der Waals surface area contributed by atoms with Crippen LogP contribution in [0, 0.1) is 29.3 Å². The molecule has 0 N–H and O–H groups in total. The van der Waals surface area contributed by atoms with Gasteiger partial charge in [0.1, 0.15) is 0 Å². The minimum absolute atomic E-state index is 0.0444. The van der Waals surface area contributed by atoms with E-state index in [1.807, 2.05) is 6.92 Å². The number of hydrogen-bond acceptors (Lipinski definition) is 4. The Morgan fingerprint density at radius 3 is 2.42 bits per heavy atom. The Hall–Kier alpha value is -2.49. The molecule has 0 saturated heterocycles. The minimum atomic E-state index is -1.72. The van der Waals surface area contributed by atoms with Gasteiger partial charge >= 0.3 is 11.9 Å². The van der Waals surface area contributed by atoms with Crippen LogP contribution in [0.4, 0.5) is 13.2 Å². The van der Waals surface area contributed by atoms with Gasteiger partial charge in [-0.05, 0) is 31.9 Å². The van der Waals surface area contributed by atoms with Gasteiger partial charge in [-0.15, -0.1) is 5.92 Å². The highest BCUT2D eigenvalue weighted by Crippen LogP contribution is 2.22. The molecule has 1 unspecified atom stereocenters. The fourth-order valence-electron chi connectivity index (χ4n) is 1.73. The lowest BCUT2D eigenvalue weighted by molar-refractivity contribution is -0.146. The van der Waals surface area contributed by atoms with Crippen LogP contribution in [0.1, 0.15) is 39.5 Å². The Labute approximate surface area is 137 Å². The maximum Gasteiger partial charge on any atom is 0.311 e. The van der Waals surface area contributed by atoms with Crippen molar-refractivity contribution in [1.82, 2.24) is 0 Å². The summed E-state index contributed by atoms with van der Waals surface area (Å²) in [5, 5.41) is 0. The SMILES string of the molecule is CC#CC(CC)OC(=O)CCCC(=O)Oc1ccc(F)c(F)c1F. The van der Waals surface area contributed by atoms with Crippen molar-refractivity contribution in [3.63, 3.8) is 0 Å². The van der Waals surface area contributed by atoms with Crippen LogP contribution in [0.3, 0.4) is 0 Å². The molecule has 0 aliphatic rings. The van der Waals surface area contributed by atoms with Gasteiger partial charge in [-0.3, -0.25) is 9.59 Å². The van der Waals surface area contributed by atoms with Crippen LogP contribution >= 0.6 is 0 Å². The van der Waals surface area contributed by atoms with Crippen molar-refractivity contribution in [3.05, 3.63) is 29.6 Å². The first-order valence-corrected chi connectivity index (χ1v) is 7.35. The Morgan fingerprint density at radius 2 is 1.79 bits per heavy atom. The third-order valence-corrected chi connectivity index (χ3v) is 2.94. The lowest BCUT2D eigenvalue weighted by atomic mass is 10.2. The molecule has 0 bridgehead atoms. The van der Waals surface area contributed by atoms with Crippen LogP contribution in [0.2, 0.25) is 0 Å². The molecular weight excluding hydrogens is 325 g/mol. The third-order valence-electron chi connectivity index (χ3n) is 2.94. The standard InChI is InChI=1S/C17H17F3O4/c1-3-6-11(4-2)23-14(21)7-5-8-15(22)24-13-10-9-12(18)16(19)17(13)20/h9-11H,4-5,7-8H2,1-2H3. The molecule has 1 rings (SSSR count). The molecule has 24 heavy (non-hydrogen) atoms. The topological polar surface area (TPSA) is 52.6 Å². The Morgan fingerprint density at radius 1 is 1.12 bits per heavy atom. The van der Waals surface area contributed by atoms with E-state index < -0.39 is 41.2 Å². The molecule has 0 aliphatic carbocycles. The lowest BCUT2D eigenvalue weighted by Crippen LogP contribution is -2.16. The molecule has 0 aliphatic heterocycles. The molecule has 0 amide bonds. The Kier molecular flexibility index (Phi) is 7.83. The predicted octanol–water partition coefficient (Wildman–Crippen LogP) is 3.52. The highest BCUT2D eigenvalue weighted by molar-refractivity contribution is 5.74. The molecule has 1 aromatic carbocycles. The Bertz CT molecular complexity index is 662. The number of esters is 2. The third kappa shape index (κ3) is 5.95. The average Bonchev–Trinajstić information content (AvgIpc) is 2.55. The minimum Gasteiger partial charge on any atom is -0.449 e. The second-order valence-electron chi connectivity index (χ2n) is 4.78. The molecule has 7 heteroatoms. The molecule has 0 radical (unpaired) electrons. The van der Waals surface area contributed by atoms with Gasteiger partial charge in [0.25, 0.3) is 0 Å². The van der Waals surface area contributed by atoms with E-state index in [-0.39, 0.29) is 19.3 Å². The predicted molar refractivity (Wildman–Crippen MR) is 79.4 cm³/mol. The van der Waals surface area contributed by atoms with Crippen molar-refractivity contribution in [2.75, 3.05) is 0 Å². The Balaban J connectivity index is 2.43. The molecule has 0 spiro atoms. The number of halogens is 3. The molecule has 1 aromatic rings. The summed E-state index contributed by atoms with van der Waals surface area (Å²) in [5.41, 5.74) is 0. The highest BCUT2D eigenvalue weighted by Gasteiger charge is 2.17. The molecule has 4 nitrogen and oxygen atoms in total. The first-order valence-electron chi connectivity index (χ1n) is 7.35. The van der Waals surface area contributed by atoms with Crippen molar-refractivity contribution in [3.8, 4) is 17.6 Å². The summed E-state index contributed by atoms with van der Waals surface area (Å²) in [6, 6.07) is 1.47. The maximum absolute atomic E-state index is 13.3. The van der Waals surface area contributed by atoms with E-state index in [1.165, 1.54) is 0 Å². The van der Waals surface area contributed by atoms with Gasteiger partial charge in [0, 0.05) is 12.8 Å². The maximum atomic E-state index is 13.3. The van der Waals surface area contributed by atoms with E-state index in [4.69, 9.17) is 4.74 Å². The van der Waals surface area contributed by atoms with E-state index in [0.29, 0.717) is 12.5 Å². The normalized spacial score (nSPS) is 11.2. The second-order valence-corrected chi connectivity index (χ2v) is 4.78. The quantitative estimate of drug-likeness (QED) is 0.329. The van der Waals surface area contributed by atoms with Crippen LogP contribution < -0.4 is 4.74 Å². The van der Waals surface area contributed by atoms with E-state index >= 15 is 0 Å². The van der Waals surface area contributed by atoms with Gasteiger partial charge < -0.3 is 9.47 Å². The van der Waals surface area contributed by atoms with Crippen LogP contribution in [-0.4, -0.2) is 18.0 Å². The highest BCUT2D eigenvalue weighted by atomic mass is 19.2. The fourth-order valence-corrected chi connectivity index (χ4v) is 1.73. The smallest absolute Gasteiger partial charge is 0.311 e. The van der Waals surface area contributed by atoms with Gasteiger partial charge in [-0.2, -0.15) is 4.39 Å². The van der Waals surface area contributed by atoms with Crippen LogP contribution in [0.5, 0.6) is 5.75 Å². The average molecular weight is 342 g/mol. The first-order chi connectivity index (χ1) is 11.4. The van der Waals surface area contributed by atoms with Crippen LogP contribution in [0.25, 0.3) is 0 Å². The summed E-state index contributed by atoms with van der Waals surface area (Å²) in [4.78, 5) is 23.1. The zero-order chi connectivity index (χ0) is 18.1. The van der Waals surface area contributed by atoms with E-state index in [2.05, 4.69) is 16.6 Å². The molecule has 130 valence electrons. The summed E-state index contributed by atoms with van der Waals surface area (Å²) in [6.45, 7) is 3.44. The summed E-state index contributed by atoms with van der Waals surface area (Å²) < 4.78 is 48.8. The van der Waals surface area contributed by atoms with Crippen LogP contribution in [0.15, 0.2) is 12.1 Å². The van der Waals surface area contributed by atoms with Gasteiger partial charge in [0.2, 0.25) is 5.82 Å². The van der Waals surface area contributed by atoms with Gasteiger partial charge in [0.05, 0.1) is 0 Å². The van der Waals surface area contributed by atoms with Gasteiger partial charge in [-0.1, -0.05) is 12.8 Å². The summed E-state index contributed by atoms with van der Waals surface area (Å²) in [6.07, 6.45) is -0.0879. The molecule has 0 aromatic heterocycles. The molecule has 0 fully saturated rings. The molecule has 1 atom stereocenters. The number of rotatable bonds is 7. The summed E-state index contributed by atoms with van der Waals surface area (Å²) in [7, 11) is 0. The van der Waals surface area contributed by atoms with Gasteiger partial charge in [-0.25, -0.2) is 8.78 Å². The molecular formula is C17H17F3O4. The lowest BCUT2D eigenvalue weighted by Gasteiger charge is -2.10. The van der Waals surface area contributed by atoms with Crippen molar-refractivity contribution >= 4 is 11.9 Å². The zero-order valence-electron chi connectivity index (χ0n) is 13.3. The van der Waals surface area contributed by atoms with Crippen molar-refractivity contribution < 1.29 is 32.2 Å². The summed E-state index contributed by atoms with van der Waals surface area (Å²) >= 11 is 0. The molecule has 0 saturated carbocycles. The van der Waals surface area contributed by atoms with E-state index in [1.54, 1.807) is 6.92 Å². The van der Waals surface area contributed by atoms with Crippen LogP contribution in [-0.2, 0) is 14.3 Å². The van der Waals surface area contributed by atoms with Crippen molar-refractivity contribution in [2.24, 2.45) is 0 Å². The number of benzene rings is 1. The largest absolute Gasteiger partial charge is 0.449 e. The summed E-state index contributed by atoms with van der Waals surface area (Å²) in [5.74, 6) is -1.40. The monoisotopic (exact) mass is 342 g/mol. The number of hydrogen-bond donors (Lipinski definition) is 0. The number of carbonyl (C=O) groups is 2.